The molecule has 0 saturated carbocycles. The van der Waals surface area contributed by atoms with Crippen LogP contribution >= 0.6 is 23.4 Å². The fraction of sp³-hybridized carbons (Fsp3) is 0.304. The third-order valence-corrected chi connectivity index (χ3v) is 6.26. The summed E-state index contributed by atoms with van der Waals surface area (Å²) in [4.78, 5) is 11.3. The molecule has 3 aromatic rings. The van der Waals surface area contributed by atoms with Gasteiger partial charge in [0.05, 0.1) is 30.0 Å². The second-order valence-electron chi connectivity index (χ2n) is 7.55. The Morgan fingerprint density at radius 2 is 2.16 bits per heavy atom. The summed E-state index contributed by atoms with van der Waals surface area (Å²) in [6.07, 6.45) is 4.04. The number of aromatic nitrogens is 2. The Balaban J connectivity index is 1.65. The van der Waals surface area contributed by atoms with Gasteiger partial charge in [-0.25, -0.2) is 9.97 Å². The topological polar surface area (TPSA) is 89.2 Å². The second kappa shape index (κ2) is 10.2. The van der Waals surface area contributed by atoms with Gasteiger partial charge in [0.25, 0.3) is 0 Å². The molecule has 2 heterocycles. The molecule has 7 nitrogen and oxygen atoms in total. The van der Waals surface area contributed by atoms with Crippen LogP contribution in [0, 0.1) is 18.3 Å². The molecule has 1 aliphatic rings. The van der Waals surface area contributed by atoms with Crippen molar-refractivity contribution in [2.45, 2.75) is 24.5 Å². The van der Waals surface area contributed by atoms with E-state index in [1.54, 1.807) is 6.21 Å². The van der Waals surface area contributed by atoms with Crippen LogP contribution in [0.2, 0.25) is 5.15 Å². The standard InChI is InChI=1S/C23H24ClN7S/c1-15-5-3-6-16-7-4-8-19(20(15)16)30-27-13-18-21(24)28-23(32-2)29-22(18)31-12-11-26-17(14-31)9-10-25/h3-8,13,17,26,30H,9,11-12,14H2,1-2H3/b27-13+. The van der Waals surface area contributed by atoms with Crippen LogP contribution < -0.4 is 15.6 Å². The smallest absolute Gasteiger partial charge is 0.190 e. The van der Waals surface area contributed by atoms with Crippen LogP contribution in [-0.2, 0) is 0 Å². The third-order valence-electron chi connectivity index (χ3n) is 5.43. The third kappa shape index (κ3) is 4.80. The van der Waals surface area contributed by atoms with Gasteiger partial charge in [0.2, 0.25) is 0 Å². The molecule has 1 unspecified atom stereocenters. The molecule has 0 amide bonds. The minimum atomic E-state index is 0.0850. The summed E-state index contributed by atoms with van der Waals surface area (Å²) >= 11 is 8.00. The molecule has 2 N–H and O–H groups in total. The molecule has 1 aromatic heterocycles. The highest BCUT2D eigenvalue weighted by molar-refractivity contribution is 7.98. The van der Waals surface area contributed by atoms with E-state index in [4.69, 9.17) is 21.8 Å². The number of hydrogen-bond acceptors (Lipinski definition) is 8. The van der Waals surface area contributed by atoms with E-state index >= 15 is 0 Å². The molecule has 1 aliphatic heterocycles. The summed E-state index contributed by atoms with van der Waals surface area (Å²) in [5.41, 5.74) is 5.93. The Kier molecular flexibility index (Phi) is 7.10. The van der Waals surface area contributed by atoms with E-state index in [2.05, 4.69) is 63.0 Å². The summed E-state index contributed by atoms with van der Waals surface area (Å²) in [5, 5.41) is 20.2. The summed E-state index contributed by atoms with van der Waals surface area (Å²) in [5.74, 6) is 0.735. The first-order chi connectivity index (χ1) is 15.6. The van der Waals surface area contributed by atoms with Crippen molar-refractivity contribution in [2.24, 2.45) is 5.10 Å². The Hall–Kier alpha value is -2.86. The van der Waals surface area contributed by atoms with Crippen LogP contribution in [0.5, 0.6) is 0 Å². The fourth-order valence-electron chi connectivity index (χ4n) is 3.91. The number of hydrogen-bond donors (Lipinski definition) is 2. The molecule has 0 spiro atoms. The summed E-state index contributed by atoms with van der Waals surface area (Å²) in [6.45, 7) is 4.29. The zero-order chi connectivity index (χ0) is 22.5. The van der Waals surface area contributed by atoms with E-state index in [9.17, 15) is 0 Å². The molecule has 1 saturated heterocycles. The SMILES string of the molecule is CSc1nc(Cl)c(/C=N/Nc2cccc3cccc(C)c23)c(N2CCNC(CC#N)C2)n1. The zero-order valence-corrected chi connectivity index (χ0v) is 19.5. The van der Waals surface area contributed by atoms with Crippen molar-refractivity contribution < 1.29 is 0 Å². The lowest BCUT2D eigenvalue weighted by molar-refractivity contribution is 0.459. The average molecular weight is 466 g/mol. The lowest BCUT2D eigenvalue weighted by atomic mass is 10.0. The molecule has 32 heavy (non-hydrogen) atoms. The highest BCUT2D eigenvalue weighted by atomic mass is 35.5. The van der Waals surface area contributed by atoms with Crippen LogP contribution in [0.15, 0.2) is 46.7 Å². The molecule has 164 valence electrons. The monoisotopic (exact) mass is 465 g/mol. The molecule has 2 aromatic carbocycles. The largest absolute Gasteiger partial charge is 0.353 e. The van der Waals surface area contributed by atoms with Crippen molar-refractivity contribution in [1.82, 2.24) is 15.3 Å². The van der Waals surface area contributed by atoms with Gasteiger partial charge in [-0.05, 0) is 30.2 Å². The quantitative estimate of drug-likeness (QED) is 0.183. The molecule has 1 atom stereocenters. The van der Waals surface area contributed by atoms with E-state index in [0.717, 1.165) is 35.4 Å². The maximum Gasteiger partial charge on any atom is 0.190 e. The molecule has 4 rings (SSSR count). The Morgan fingerprint density at radius 3 is 2.94 bits per heavy atom. The molecule has 1 fully saturated rings. The Bertz CT molecular complexity index is 1190. The van der Waals surface area contributed by atoms with E-state index in [-0.39, 0.29) is 6.04 Å². The van der Waals surface area contributed by atoms with E-state index in [0.29, 0.717) is 28.8 Å². The number of nitriles is 1. The van der Waals surface area contributed by atoms with Gasteiger partial charge in [0, 0.05) is 31.1 Å². The number of anilines is 2. The summed E-state index contributed by atoms with van der Waals surface area (Å²) in [7, 11) is 0. The van der Waals surface area contributed by atoms with Crippen molar-refractivity contribution >= 4 is 51.9 Å². The van der Waals surface area contributed by atoms with E-state index in [1.807, 2.05) is 18.4 Å². The zero-order valence-electron chi connectivity index (χ0n) is 18.0. The van der Waals surface area contributed by atoms with Crippen molar-refractivity contribution in [2.75, 3.05) is 36.2 Å². The Morgan fingerprint density at radius 1 is 1.34 bits per heavy atom. The summed E-state index contributed by atoms with van der Waals surface area (Å²) < 4.78 is 0. The number of hydrazone groups is 1. The number of benzene rings is 2. The number of fused-ring (bicyclic) bond motifs is 1. The van der Waals surface area contributed by atoms with Crippen molar-refractivity contribution in [3.63, 3.8) is 0 Å². The first-order valence-corrected chi connectivity index (χ1v) is 11.9. The maximum atomic E-state index is 9.09. The molecule has 9 heteroatoms. The number of piperazine rings is 1. The van der Waals surface area contributed by atoms with Crippen molar-refractivity contribution in [3.8, 4) is 6.07 Å². The van der Waals surface area contributed by atoms with E-state index in [1.165, 1.54) is 17.3 Å². The number of nitrogens with zero attached hydrogens (tertiary/aromatic N) is 5. The van der Waals surface area contributed by atoms with Gasteiger partial charge in [-0.2, -0.15) is 10.4 Å². The Labute approximate surface area is 196 Å². The minimum absolute atomic E-state index is 0.0850. The number of halogens is 1. The van der Waals surface area contributed by atoms with Crippen LogP contribution in [-0.4, -0.2) is 48.1 Å². The van der Waals surface area contributed by atoms with Crippen molar-refractivity contribution in [3.05, 3.63) is 52.7 Å². The number of rotatable bonds is 6. The maximum absolute atomic E-state index is 9.09. The first-order valence-electron chi connectivity index (χ1n) is 10.3. The molecule has 0 aliphatic carbocycles. The summed E-state index contributed by atoms with van der Waals surface area (Å²) in [6, 6.07) is 14.6. The highest BCUT2D eigenvalue weighted by Gasteiger charge is 2.24. The predicted octanol–water partition coefficient (Wildman–Crippen LogP) is 4.45. The van der Waals surface area contributed by atoms with Gasteiger partial charge in [-0.3, -0.25) is 5.43 Å². The average Bonchev–Trinajstić information content (AvgIpc) is 2.80. The van der Waals surface area contributed by atoms with Crippen LogP contribution in [0.1, 0.15) is 17.5 Å². The van der Waals surface area contributed by atoms with Crippen molar-refractivity contribution in [1.29, 1.82) is 5.26 Å². The first kappa shape index (κ1) is 22.3. The number of aryl methyl sites for hydroxylation is 1. The van der Waals surface area contributed by atoms with Crippen LogP contribution in [0.3, 0.4) is 0 Å². The molecular weight excluding hydrogens is 442 g/mol. The normalized spacial score (nSPS) is 16.4. The van der Waals surface area contributed by atoms with Gasteiger partial charge < -0.3 is 10.2 Å². The minimum Gasteiger partial charge on any atom is -0.353 e. The van der Waals surface area contributed by atoms with E-state index < -0.39 is 0 Å². The van der Waals surface area contributed by atoms with Gasteiger partial charge in [-0.15, -0.1) is 0 Å². The fourth-order valence-corrected chi connectivity index (χ4v) is 4.53. The van der Waals surface area contributed by atoms with Crippen LogP contribution in [0.4, 0.5) is 11.5 Å². The van der Waals surface area contributed by atoms with Gasteiger partial charge in [-0.1, -0.05) is 53.7 Å². The lowest BCUT2D eigenvalue weighted by Gasteiger charge is -2.34. The lowest BCUT2D eigenvalue weighted by Crippen LogP contribution is -2.51. The highest BCUT2D eigenvalue weighted by Crippen LogP contribution is 2.28. The van der Waals surface area contributed by atoms with Gasteiger partial charge in [0.15, 0.2) is 5.16 Å². The number of nitrogens with one attached hydrogen (secondary N) is 2. The van der Waals surface area contributed by atoms with Gasteiger partial charge >= 0.3 is 0 Å². The predicted molar refractivity (Wildman–Crippen MR) is 133 cm³/mol. The molecule has 0 bridgehead atoms. The second-order valence-corrected chi connectivity index (χ2v) is 8.68. The molecular formula is C23H24ClN7S. The van der Waals surface area contributed by atoms with Gasteiger partial charge in [0.1, 0.15) is 11.0 Å². The van der Waals surface area contributed by atoms with Crippen LogP contribution in [0.25, 0.3) is 10.8 Å². The molecule has 0 radical (unpaired) electrons. The number of thioether (sulfide) groups is 1.